The number of nitrogens with one attached hydrogen (secondary N) is 1. The standard InChI is InChI=1S/C21H22N6OS2/c22-13-16-9-12-29-20(16)23-19(28)15-30-21-25-24-18(14-26-10-5-2-6-11-26)27(21)17-7-3-1-4-8-17/h1,3-4,7-9,12H,2,5-6,10-11,14-15H2,(H,23,28). The molecule has 0 saturated carbocycles. The van der Waals surface area contributed by atoms with E-state index in [4.69, 9.17) is 5.26 Å². The number of thiophene rings is 1. The molecule has 3 aromatic rings. The van der Waals surface area contributed by atoms with E-state index in [0.717, 1.165) is 31.1 Å². The molecular weight excluding hydrogens is 416 g/mol. The third kappa shape index (κ3) is 4.90. The lowest BCUT2D eigenvalue weighted by Crippen LogP contribution is -2.30. The summed E-state index contributed by atoms with van der Waals surface area (Å²) in [5.74, 6) is 0.910. The molecule has 30 heavy (non-hydrogen) atoms. The Balaban J connectivity index is 1.49. The van der Waals surface area contributed by atoms with Crippen LogP contribution in [-0.2, 0) is 11.3 Å². The first-order valence-electron chi connectivity index (χ1n) is 9.87. The predicted octanol–water partition coefficient (Wildman–Crippen LogP) is 3.92. The molecule has 2 aromatic heterocycles. The van der Waals surface area contributed by atoms with Gasteiger partial charge in [-0.2, -0.15) is 5.26 Å². The lowest BCUT2D eigenvalue weighted by Gasteiger charge is -2.26. The number of hydrogen-bond donors (Lipinski definition) is 1. The molecule has 1 saturated heterocycles. The number of piperidine rings is 1. The van der Waals surface area contributed by atoms with Gasteiger partial charge in [0, 0.05) is 5.69 Å². The molecule has 1 N–H and O–H groups in total. The maximum Gasteiger partial charge on any atom is 0.235 e. The number of benzene rings is 1. The Morgan fingerprint density at radius 3 is 2.73 bits per heavy atom. The van der Waals surface area contributed by atoms with E-state index in [9.17, 15) is 4.79 Å². The number of thioether (sulfide) groups is 1. The van der Waals surface area contributed by atoms with Crippen molar-refractivity contribution >= 4 is 34.0 Å². The van der Waals surface area contributed by atoms with Crippen LogP contribution in [0.2, 0.25) is 0 Å². The van der Waals surface area contributed by atoms with Gasteiger partial charge in [0.1, 0.15) is 11.1 Å². The van der Waals surface area contributed by atoms with Crippen LogP contribution < -0.4 is 5.32 Å². The number of carbonyl (C=O) groups excluding carboxylic acids is 1. The average Bonchev–Trinajstić information content (AvgIpc) is 3.40. The van der Waals surface area contributed by atoms with Gasteiger partial charge in [-0.3, -0.25) is 14.3 Å². The minimum Gasteiger partial charge on any atom is -0.316 e. The average molecular weight is 439 g/mol. The van der Waals surface area contributed by atoms with E-state index in [0.29, 0.717) is 15.7 Å². The Morgan fingerprint density at radius 1 is 1.17 bits per heavy atom. The molecule has 154 valence electrons. The molecule has 0 unspecified atom stereocenters. The summed E-state index contributed by atoms with van der Waals surface area (Å²) in [6.45, 7) is 2.90. The van der Waals surface area contributed by atoms with Gasteiger partial charge in [0.15, 0.2) is 11.0 Å². The van der Waals surface area contributed by atoms with E-state index in [-0.39, 0.29) is 11.7 Å². The van der Waals surface area contributed by atoms with E-state index < -0.39 is 0 Å². The van der Waals surface area contributed by atoms with Gasteiger partial charge in [0.2, 0.25) is 5.91 Å². The number of nitriles is 1. The second-order valence-corrected chi connectivity index (χ2v) is 8.88. The number of carbonyl (C=O) groups is 1. The van der Waals surface area contributed by atoms with Crippen LogP contribution in [0, 0.1) is 11.3 Å². The zero-order valence-corrected chi connectivity index (χ0v) is 18.1. The summed E-state index contributed by atoms with van der Waals surface area (Å²) >= 11 is 2.69. The van der Waals surface area contributed by atoms with Crippen LogP contribution in [0.4, 0.5) is 5.00 Å². The summed E-state index contributed by atoms with van der Waals surface area (Å²) in [7, 11) is 0. The fraction of sp³-hybridized carbons (Fsp3) is 0.333. The van der Waals surface area contributed by atoms with Crippen LogP contribution in [0.5, 0.6) is 0 Å². The van der Waals surface area contributed by atoms with Crippen molar-refractivity contribution in [2.75, 3.05) is 24.2 Å². The summed E-state index contributed by atoms with van der Waals surface area (Å²) < 4.78 is 2.04. The van der Waals surface area contributed by atoms with Gasteiger partial charge in [0.05, 0.1) is 17.9 Å². The highest BCUT2D eigenvalue weighted by Gasteiger charge is 2.19. The van der Waals surface area contributed by atoms with Crippen molar-refractivity contribution < 1.29 is 4.79 Å². The SMILES string of the molecule is N#Cc1ccsc1NC(=O)CSc1nnc(CN2CCCCC2)n1-c1ccccc1. The predicted molar refractivity (Wildman–Crippen MR) is 119 cm³/mol. The maximum atomic E-state index is 12.4. The lowest BCUT2D eigenvalue weighted by atomic mass is 10.1. The number of hydrogen-bond acceptors (Lipinski definition) is 7. The van der Waals surface area contributed by atoms with Crippen molar-refractivity contribution in [2.24, 2.45) is 0 Å². The Bertz CT molecular complexity index is 1030. The number of para-hydroxylation sites is 1. The van der Waals surface area contributed by atoms with Crippen LogP contribution in [0.15, 0.2) is 46.9 Å². The third-order valence-corrected chi connectivity index (χ3v) is 6.66. The quantitative estimate of drug-likeness (QED) is 0.563. The number of anilines is 1. The molecule has 0 bridgehead atoms. The Hall–Kier alpha value is -2.67. The maximum absolute atomic E-state index is 12.4. The summed E-state index contributed by atoms with van der Waals surface area (Å²) in [4.78, 5) is 14.8. The van der Waals surface area contributed by atoms with Crippen LogP contribution in [0.1, 0.15) is 30.7 Å². The highest BCUT2D eigenvalue weighted by Crippen LogP contribution is 2.25. The van der Waals surface area contributed by atoms with Crippen molar-refractivity contribution in [2.45, 2.75) is 31.0 Å². The van der Waals surface area contributed by atoms with Crippen molar-refractivity contribution in [1.29, 1.82) is 5.26 Å². The molecule has 1 aliphatic heterocycles. The van der Waals surface area contributed by atoms with E-state index in [1.807, 2.05) is 34.9 Å². The first kappa shape index (κ1) is 20.6. The molecule has 4 rings (SSSR count). The van der Waals surface area contributed by atoms with Gasteiger partial charge in [-0.25, -0.2) is 0 Å². The van der Waals surface area contributed by atoms with Gasteiger partial charge < -0.3 is 5.32 Å². The zero-order valence-electron chi connectivity index (χ0n) is 16.5. The van der Waals surface area contributed by atoms with Crippen molar-refractivity contribution in [3.05, 3.63) is 53.2 Å². The molecule has 0 radical (unpaired) electrons. The van der Waals surface area contributed by atoms with Gasteiger partial charge in [-0.15, -0.1) is 21.5 Å². The van der Waals surface area contributed by atoms with Gasteiger partial charge in [-0.1, -0.05) is 36.4 Å². The van der Waals surface area contributed by atoms with Crippen LogP contribution in [0.3, 0.4) is 0 Å². The number of aromatic nitrogens is 3. The molecule has 0 spiro atoms. The first-order chi connectivity index (χ1) is 14.7. The number of rotatable bonds is 7. The van der Waals surface area contributed by atoms with Crippen LogP contribution >= 0.6 is 23.1 Å². The lowest BCUT2D eigenvalue weighted by molar-refractivity contribution is -0.113. The molecule has 1 amide bonds. The minimum absolute atomic E-state index is 0.167. The number of amides is 1. The minimum atomic E-state index is -0.167. The third-order valence-electron chi connectivity index (χ3n) is 4.90. The molecular formula is C21H22N6OS2. The first-order valence-corrected chi connectivity index (χ1v) is 11.7. The molecule has 1 fully saturated rings. The summed E-state index contributed by atoms with van der Waals surface area (Å²) in [5, 5.41) is 23.8. The molecule has 0 aliphatic carbocycles. The monoisotopic (exact) mass is 438 g/mol. The largest absolute Gasteiger partial charge is 0.316 e. The topological polar surface area (TPSA) is 86.8 Å². The highest BCUT2D eigenvalue weighted by molar-refractivity contribution is 7.99. The Labute approximate surface area is 183 Å². The number of likely N-dealkylation sites (tertiary alicyclic amines) is 1. The summed E-state index contributed by atoms with van der Waals surface area (Å²) in [5.41, 5.74) is 1.47. The van der Waals surface area contributed by atoms with Crippen LogP contribution in [-0.4, -0.2) is 44.4 Å². The van der Waals surface area contributed by atoms with E-state index in [2.05, 4.69) is 26.5 Å². The summed E-state index contributed by atoms with van der Waals surface area (Å²) in [6, 6.07) is 13.8. The van der Waals surface area contributed by atoms with E-state index >= 15 is 0 Å². The molecule has 0 atom stereocenters. The molecule has 3 heterocycles. The van der Waals surface area contributed by atoms with Crippen molar-refractivity contribution in [3.8, 4) is 11.8 Å². The van der Waals surface area contributed by atoms with Gasteiger partial charge in [-0.05, 0) is 49.5 Å². The highest BCUT2D eigenvalue weighted by atomic mass is 32.2. The van der Waals surface area contributed by atoms with Crippen molar-refractivity contribution in [1.82, 2.24) is 19.7 Å². The fourth-order valence-corrected chi connectivity index (χ4v) is 4.96. The van der Waals surface area contributed by atoms with Crippen molar-refractivity contribution in [3.63, 3.8) is 0 Å². The molecule has 7 nitrogen and oxygen atoms in total. The van der Waals surface area contributed by atoms with Gasteiger partial charge >= 0.3 is 0 Å². The van der Waals surface area contributed by atoms with Gasteiger partial charge in [0.25, 0.3) is 0 Å². The van der Waals surface area contributed by atoms with E-state index in [1.165, 1.54) is 42.4 Å². The Morgan fingerprint density at radius 2 is 1.97 bits per heavy atom. The number of nitrogens with zero attached hydrogens (tertiary/aromatic N) is 5. The fourth-order valence-electron chi connectivity index (χ4n) is 3.44. The van der Waals surface area contributed by atoms with Crippen LogP contribution in [0.25, 0.3) is 5.69 Å². The molecule has 1 aliphatic rings. The zero-order chi connectivity index (χ0) is 20.8. The smallest absolute Gasteiger partial charge is 0.235 e. The molecule has 9 heteroatoms. The second kappa shape index (κ2) is 9.89. The Kier molecular flexibility index (Phi) is 6.79. The second-order valence-electron chi connectivity index (χ2n) is 7.02. The summed E-state index contributed by atoms with van der Waals surface area (Å²) in [6.07, 6.45) is 3.72. The van der Waals surface area contributed by atoms with E-state index in [1.54, 1.807) is 11.4 Å². The normalized spacial score (nSPS) is 14.4. The molecule has 1 aromatic carbocycles.